The fraction of sp³-hybridized carbons (Fsp3) is 0.364. The number of ether oxygens (including phenoxy) is 1. The standard InChI is InChI=1S/C11H15NO3/c1-7-3-4-10(15-2)8(5-7)9(6-12)11(13)14/h3-5,9H,6,12H2,1-2H3,(H,13,14). The Morgan fingerprint density at radius 3 is 2.73 bits per heavy atom. The first-order valence-electron chi connectivity index (χ1n) is 4.67. The monoisotopic (exact) mass is 209 g/mol. The highest BCUT2D eigenvalue weighted by molar-refractivity contribution is 5.77. The zero-order valence-electron chi connectivity index (χ0n) is 8.86. The molecule has 82 valence electrons. The topological polar surface area (TPSA) is 72.5 Å². The van der Waals surface area contributed by atoms with E-state index in [-0.39, 0.29) is 6.54 Å². The maximum absolute atomic E-state index is 11.0. The second-order valence-corrected chi connectivity index (χ2v) is 3.37. The summed E-state index contributed by atoms with van der Waals surface area (Å²) < 4.78 is 5.11. The number of carbonyl (C=O) groups is 1. The van der Waals surface area contributed by atoms with Crippen LogP contribution in [0.25, 0.3) is 0 Å². The molecule has 0 bridgehead atoms. The van der Waals surface area contributed by atoms with Gasteiger partial charge in [-0.3, -0.25) is 4.79 Å². The zero-order chi connectivity index (χ0) is 11.4. The van der Waals surface area contributed by atoms with Crippen LogP contribution in [0.1, 0.15) is 17.0 Å². The van der Waals surface area contributed by atoms with Crippen LogP contribution in [0.4, 0.5) is 0 Å². The summed E-state index contributed by atoms with van der Waals surface area (Å²) >= 11 is 0. The van der Waals surface area contributed by atoms with Gasteiger partial charge in [0, 0.05) is 12.1 Å². The fourth-order valence-electron chi connectivity index (χ4n) is 1.49. The minimum absolute atomic E-state index is 0.0646. The zero-order valence-corrected chi connectivity index (χ0v) is 8.86. The summed E-state index contributed by atoms with van der Waals surface area (Å²) in [4.78, 5) is 11.0. The maximum atomic E-state index is 11.0. The van der Waals surface area contributed by atoms with Crippen molar-refractivity contribution in [2.24, 2.45) is 5.73 Å². The van der Waals surface area contributed by atoms with Gasteiger partial charge >= 0.3 is 5.97 Å². The van der Waals surface area contributed by atoms with Gasteiger partial charge in [0.25, 0.3) is 0 Å². The molecule has 0 spiro atoms. The highest BCUT2D eigenvalue weighted by Crippen LogP contribution is 2.27. The van der Waals surface area contributed by atoms with Crippen molar-refractivity contribution in [2.45, 2.75) is 12.8 Å². The largest absolute Gasteiger partial charge is 0.496 e. The summed E-state index contributed by atoms with van der Waals surface area (Å²) in [6.45, 7) is 1.97. The van der Waals surface area contributed by atoms with Gasteiger partial charge in [0.05, 0.1) is 13.0 Å². The average molecular weight is 209 g/mol. The number of rotatable bonds is 4. The van der Waals surface area contributed by atoms with E-state index in [1.54, 1.807) is 12.1 Å². The summed E-state index contributed by atoms with van der Waals surface area (Å²) in [5.74, 6) is -1.07. The van der Waals surface area contributed by atoms with Crippen molar-refractivity contribution in [1.82, 2.24) is 0 Å². The van der Waals surface area contributed by atoms with Gasteiger partial charge in [-0.25, -0.2) is 0 Å². The van der Waals surface area contributed by atoms with Crippen molar-refractivity contribution in [1.29, 1.82) is 0 Å². The van der Waals surface area contributed by atoms with Crippen molar-refractivity contribution in [2.75, 3.05) is 13.7 Å². The van der Waals surface area contributed by atoms with E-state index in [4.69, 9.17) is 15.6 Å². The van der Waals surface area contributed by atoms with Crippen LogP contribution in [0.15, 0.2) is 18.2 Å². The normalized spacial score (nSPS) is 12.2. The lowest BCUT2D eigenvalue weighted by Crippen LogP contribution is -2.21. The third-order valence-electron chi connectivity index (χ3n) is 2.29. The van der Waals surface area contributed by atoms with E-state index in [0.29, 0.717) is 11.3 Å². The Bertz CT molecular complexity index is 363. The van der Waals surface area contributed by atoms with Crippen LogP contribution >= 0.6 is 0 Å². The van der Waals surface area contributed by atoms with Crippen LogP contribution in [-0.2, 0) is 4.79 Å². The van der Waals surface area contributed by atoms with E-state index in [1.165, 1.54) is 7.11 Å². The number of nitrogens with two attached hydrogens (primary N) is 1. The summed E-state index contributed by atoms with van der Waals surface area (Å²) in [7, 11) is 1.52. The molecule has 1 aromatic carbocycles. The molecule has 0 fully saturated rings. The Kier molecular flexibility index (Phi) is 3.68. The smallest absolute Gasteiger partial charge is 0.312 e. The fourth-order valence-corrected chi connectivity index (χ4v) is 1.49. The Morgan fingerprint density at radius 1 is 1.60 bits per heavy atom. The molecule has 3 N–H and O–H groups in total. The second-order valence-electron chi connectivity index (χ2n) is 3.37. The number of hydrogen-bond acceptors (Lipinski definition) is 3. The van der Waals surface area contributed by atoms with E-state index in [0.717, 1.165) is 5.56 Å². The lowest BCUT2D eigenvalue weighted by atomic mass is 9.96. The van der Waals surface area contributed by atoms with Crippen molar-refractivity contribution in [3.05, 3.63) is 29.3 Å². The van der Waals surface area contributed by atoms with Gasteiger partial charge in [0.1, 0.15) is 5.75 Å². The minimum Gasteiger partial charge on any atom is -0.496 e. The maximum Gasteiger partial charge on any atom is 0.312 e. The second kappa shape index (κ2) is 4.79. The number of carboxylic acids is 1. The van der Waals surface area contributed by atoms with Gasteiger partial charge in [-0.1, -0.05) is 17.7 Å². The quantitative estimate of drug-likeness (QED) is 0.779. The molecule has 4 heteroatoms. The van der Waals surface area contributed by atoms with Crippen LogP contribution in [0, 0.1) is 6.92 Å². The molecule has 0 aliphatic heterocycles. The lowest BCUT2D eigenvalue weighted by molar-refractivity contribution is -0.138. The van der Waals surface area contributed by atoms with Gasteiger partial charge in [0.15, 0.2) is 0 Å². The van der Waals surface area contributed by atoms with E-state index in [9.17, 15) is 4.79 Å². The Hall–Kier alpha value is -1.55. The van der Waals surface area contributed by atoms with E-state index in [1.807, 2.05) is 13.0 Å². The van der Waals surface area contributed by atoms with Gasteiger partial charge in [-0.15, -0.1) is 0 Å². The Labute approximate surface area is 88.7 Å². The number of aryl methyl sites for hydroxylation is 1. The van der Waals surface area contributed by atoms with Gasteiger partial charge < -0.3 is 15.6 Å². The first-order chi connectivity index (χ1) is 7.10. The third kappa shape index (κ3) is 2.47. The van der Waals surface area contributed by atoms with Crippen LogP contribution in [0.3, 0.4) is 0 Å². The van der Waals surface area contributed by atoms with E-state index < -0.39 is 11.9 Å². The van der Waals surface area contributed by atoms with Crippen LogP contribution in [0.5, 0.6) is 5.75 Å². The molecule has 0 aliphatic carbocycles. The van der Waals surface area contributed by atoms with E-state index >= 15 is 0 Å². The highest BCUT2D eigenvalue weighted by atomic mass is 16.5. The molecule has 1 atom stereocenters. The molecule has 0 saturated heterocycles. The molecular weight excluding hydrogens is 194 g/mol. The molecule has 1 rings (SSSR count). The van der Waals surface area contributed by atoms with Gasteiger partial charge in [-0.2, -0.15) is 0 Å². The third-order valence-corrected chi connectivity index (χ3v) is 2.29. The van der Waals surface area contributed by atoms with E-state index in [2.05, 4.69) is 0 Å². The molecule has 1 aromatic rings. The van der Waals surface area contributed by atoms with Crippen molar-refractivity contribution in [3.8, 4) is 5.75 Å². The Balaban J connectivity index is 3.19. The number of aliphatic carboxylic acids is 1. The first kappa shape index (κ1) is 11.5. The van der Waals surface area contributed by atoms with Crippen molar-refractivity contribution in [3.63, 3.8) is 0 Å². The van der Waals surface area contributed by atoms with Crippen LogP contribution in [0.2, 0.25) is 0 Å². The molecule has 0 saturated carbocycles. The highest BCUT2D eigenvalue weighted by Gasteiger charge is 2.21. The summed E-state index contributed by atoms with van der Waals surface area (Å²) in [5.41, 5.74) is 7.07. The van der Waals surface area contributed by atoms with Gasteiger partial charge in [-0.05, 0) is 13.0 Å². The number of methoxy groups -OCH3 is 1. The minimum atomic E-state index is -0.929. The SMILES string of the molecule is COc1ccc(C)cc1C(CN)C(=O)O. The molecular formula is C11H15NO3. The number of benzene rings is 1. The lowest BCUT2D eigenvalue weighted by Gasteiger charge is -2.14. The predicted molar refractivity (Wildman–Crippen MR) is 57.2 cm³/mol. The molecule has 0 aromatic heterocycles. The van der Waals surface area contributed by atoms with Crippen molar-refractivity contribution >= 4 is 5.97 Å². The average Bonchev–Trinajstić information content (AvgIpc) is 2.18. The molecule has 0 aliphatic rings. The summed E-state index contributed by atoms with van der Waals surface area (Å²) in [6.07, 6.45) is 0. The first-order valence-corrected chi connectivity index (χ1v) is 4.67. The van der Waals surface area contributed by atoms with Crippen LogP contribution in [-0.4, -0.2) is 24.7 Å². The Morgan fingerprint density at radius 2 is 2.27 bits per heavy atom. The number of carboxylic acid groups (broad SMARTS) is 1. The molecule has 0 amide bonds. The predicted octanol–water partition coefficient (Wildman–Crippen LogP) is 1.13. The molecule has 1 unspecified atom stereocenters. The summed E-state index contributed by atoms with van der Waals surface area (Å²) in [5, 5.41) is 9.00. The van der Waals surface area contributed by atoms with Crippen molar-refractivity contribution < 1.29 is 14.6 Å². The summed E-state index contributed by atoms with van der Waals surface area (Å²) in [6, 6.07) is 5.43. The number of hydrogen-bond donors (Lipinski definition) is 2. The van der Waals surface area contributed by atoms with Crippen LogP contribution < -0.4 is 10.5 Å². The molecule has 4 nitrogen and oxygen atoms in total. The molecule has 0 radical (unpaired) electrons. The van der Waals surface area contributed by atoms with Gasteiger partial charge in [0.2, 0.25) is 0 Å². The molecule has 0 heterocycles. The molecule has 15 heavy (non-hydrogen) atoms.